The van der Waals surface area contributed by atoms with Gasteiger partial charge in [-0.15, -0.1) is 0 Å². The van der Waals surface area contributed by atoms with E-state index in [9.17, 15) is 9.59 Å². The van der Waals surface area contributed by atoms with E-state index in [1.807, 2.05) is 6.92 Å². The molecule has 9 heteroatoms. The molecule has 0 spiro atoms. The normalized spacial score (nSPS) is 12.1. The average Bonchev–Trinajstić information content (AvgIpc) is 2.57. The Kier molecular flexibility index (Phi) is 8.86. The smallest absolute Gasteiger partial charge is 0.341 e. The molecule has 1 rings (SSSR count). The number of nitriles is 1. The van der Waals surface area contributed by atoms with Gasteiger partial charge in [-0.25, -0.2) is 4.79 Å². The molecule has 6 nitrogen and oxygen atoms in total. The topological polar surface area (TPSA) is 88.8 Å². The monoisotopic (exact) mass is 418 g/mol. The summed E-state index contributed by atoms with van der Waals surface area (Å²) in [6.45, 7) is 5.37. The van der Waals surface area contributed by atoms with Gasteiger partial charge in [0, 0.05) is 6.21 Å². The number of ether oxygens (including phenoxy) is 2. The fourth-order valence-corrected chi connectivity index (χ4v) is 2.48. The van der Waals surface area contributed by atoms with E-state index in [1.54, 1.807) is 19.9 Å². The number of nitrogens with zero attached hydrogens (tertiary/aromatic N) is 2. The number of halogens is 3. The molecule has 0 fully saturated rings. The Labute approximate surface area is 166 Å². The van der Waals surface area contributed by atoms with Crippen LogP contribution in [0.25, 0.3) is 0 Å². The molecule has 26 heavy (non-hydrogen) atoms. The van der Waals surface area contributed by atoms with Gasteiger partial charge >= 0.3 is 11.9 Å². The largest absolute Gasteiger partial charge is 0.464 e. The third-order valence-electron chi connectivity index (χ3n) is 2.89. The van der Waals surface area contributed by atoms with Gasteiger partial charge in [-0.2, -0.15) is 5.26 Å². The zero-order valence-corrected chi connectivity index (χ0v) is 16.7. The predicted octanol–water partition coefficient (Wildman–Crippen LogP) is 5.01. The number of benzene rings is 1. The van der Waals surface area contributed by atoms with Crippen molar-refractivity contribution in [2.75, 3.05) is 6.61 Å². The van der Waals surface area contributed by atoms with Crippen LogP contribution in [-0.2, 0) is 14.3 Å². The third-order valence-corrected chi connectivity index (χ3v) is 4.06. The minimum Gasteiger partial charge on any atom is -0.464 e. The van der Waals surface area contributed by atoms with Crippen molar-refractivity contribution in [1.82, 2.24) is 0 Å². The minimum absolute atomic E-state index is 0.0287. The Hall–Kier alpha value is -1.81. The molecular weight excluding hydrogens is 403 g/mol. The SMILES string of the molecule is CCCOC(=O)C(C#N)C=Nc1cc(Cl)c(Cl)c(C(=O)OC(C)C)c1Cl. The van der Waals surface area contributed by atoms with Crippen molar-refractivity contribution in [2.24, 2.45) is 10.9 Å². The number of carbonyl (C=O) groups is 2. The molecule has 1 aromatic carbocycles. The van der Waals surface area contributed by atoms with Crippen LogP contribution >= 0.6 is 34.8 Å². The van der Waals surface area contributed by atoms with Crippen LogP contribution in [-0.4, -0.2) is 30.9 Å². The fourth-order valence-electron chi connectivity index (χ4n) is 1.73. The summed E-state index contributed by atoms with van der Waals surface area (Å²) in [5.74, 6) is -2.71. The summed E-state index contributed by atoms with van der Waals surface area (Å²) in [4.78, 5) is 28.0. The summed E-state index contributed by atoms with van der Waals surface area (Å²) in [6.07, 6.45) is 1.30. The van der Waals surface area contributed by atoms with Gasteiger partial charge < -0.3 is 9.47 Å². The zero-order valence-electron chi connectivity index (χ0n) is 14.4. The van der Waals surface area contributed by atoms with Crippen molar-refractivity contribution in [3.63, 3.8) is 0 Å². The molecule has 1 unspecified atom stereocenters. The lowest BCUT2D eigenvalue weighted by Gasteiger charge is -2.13. The van der Waals surface area contributed by atoms with E-state index in [1.165, 1.54) is 6.07 Å². The van der Waals surface area contributed by atoms with E-state index in [0.29, 0.717) is 6.42 Å². The molecule has 1 atom stereocenters. The van der Waals surface area contributed by atoms with Crippen molar-refractivity contribution in [3.8, 4) is 6.07 Å². The first kappa shape index (κ1) is 22.2. The van der Waals surface area contributed by atoms with Gasteiger partial charge in [-0.3, -0.25) is 9.79 Å². The molecule has 0 aliphatic carbocycles. The summed E-state index contributed by atoms with van der Waals surface area (Å²) in [5, 5.41) is 8.95. The number of rotatable bonds is 7. The van der Waals surface area contributed by atoms with Gasteiger partial charge in [0.05, 0.1) is 39.5 Å². The van der Waals surface area contributed by atoms with Crippen LogP contribution in [0, 0.1) is 17.2 Å². The number of esters is 2. The second-order valence-corrected chi connectivity index (χ2v) is 6.55. The number of aliphatic imine (C=N–C) groups is 1. The zero-order chi connectivity index (χ0) is 19.9. The van der Waals surface area contributed by atoms with Crippen LogP contribution in [0.3, 0.4) is 0 Å². The standard InChI is InChI=1S/C17H17Cl3N2O4/c1-4-5-25-16(23)10(7-21)8-22-12-6-11(18)14(19)13(15(12)20)17(24)26-9(2)3/h6,8-10H,4-5H2,1-3H3. The summed E-state index contributed by atoms with van der Waals surface area (Å²) >= 11 is 18.3. The summed E-state index contributed by atoms with van der Waals surface area (Å²) in [7, 11) is 0. The maximum absolute atomic E-state index is 12.2. The Morgan fingerprint density at radius 1 is 1.31 bits per heavy atom. The first-order valence-corrected chi connectivity index (χ1v) is 8.85. The van der Waals surface area contributed by atoms with Crippen LogP contribution in [0.1, 0.15) is 37.6 Å². The lowest BCUT2D eigenvalue weighted by atomic mass is 10.1. The van der Waals surface area contributed by atoms with Crippen LogP contribution in [0.15, 0.2) is 11.1 Å². The second kappa shape index (κ2) is 10.4. The molecule has 0 saturated carbocycles. The van der Waals surface area contributed by atoms with E-state index in [4.69, 9.17) is 49.5 Å². The summed E-state index contributed by atoms with van der Waals surface area (Å²) in [5.41, 5.74) is -0.0657. The van der Waals surface area contributed by atoms with Crippen LogP contribution in [0.4, 0.5) is 5.69 Å². The molecular formula is C17H17Cl3N2O4. The molecule has 140 valence electrons. The molecule has 0 bridgehead atoms. The molecule has 0 saturated heterocycles. The maximum Gasteiger partial charge on any atom is 0.341 e. The number of hydrogen-bond acceptors (Lipinski definition) is 6. The van der Waals surface area contributed by atoms with E-state index in [-0.39, 0.29) is 32.9 Å². The van der Waals surface area contributed by atoms with E-state index in [0.717, 1.165) is 6.21 Å². The molecule has 0 aliphatic rings. The highest BCUT2D eigenvalue weighted by Gasteiger charge is 2.23. The van der Waals surface area contributed by atoms with E-state index < -0.39 is 24.0 Å². The molecule has 0 radical (unpaired) electrons. The Bertz CT molecular complexity index is 757. The molecule has 1 aromatic rings. The summed E-state index contributed by atoms with van der Waals surface area (Å²) in [6, 6.07) is 3.09. The fraction of sp³-hybridized carbons (Fsp3) is 0.412. The highest BCUT2D eigenvalue weighted by Crippen LogP contribution is 2.39. The lowest BCUT2D eigenvalue weighted by molar-refractivity contribution is -0.144. The third kappa shape index (κ3) is 5.87. The first-order valence-electron chi connectivity index (χ1n) is 7.71. The molecule has 0 aromatic heterocycles. The lowest BCUT2D eigenvalue weighted by Crippen LogP contribution is -2.17. The van der Waals surface area contributed by atoms with Gasteiger partial charge in [0.25, 0.3) is 0 Å². The summed E-state index contributed by atoms with van der Waals surface area (Å²) < 4.78 is 10.00. The van der Waals surface area contributed by atoms with Gasteiger partial charge in [0.1, 0.15) is 5.56 Å². The van der Waals surface area contributed by atoms with Crippen LogP contribution in [0.2, 0.25) is 15.1 Å². The van der Waals surface area contributed by atoms with Crippen molar-refractivity contribution in [2.45, 2.75) is 33.3 Å². The van der Waals surface area contributed by atoms with Gasteiger partial charge in [0.2, 0.25) is 0 Å². The Morgan fingerprint density at radius 3 is 2.50 bits per heavy atom. The predicted molar refractivity (Wildman–Crippen MR) is 101 cm³/mol. The van der Waals surface area contributed by atoms with Crippen LogP contribution in [0.5, 0.6) is 0 Å². The van der Waals surface area contributed by atoms with Gasteiger partial charge in [-0.1, -0.05) is 41.7 Å². The molecule has 0 heterocycles. The van der Waals surface area contributed by atoms with Crippen LogP contribution < -0.4 is 0 Å². The highest BCUT2D eigenvalue weighted by atomic mass is 35.5. The van der Waals surface area contributed by atoms with Gasteiger partial charge in [-0.05, 0) is 26.3 Å². The molecule has 0 N–H and O–H groups in total. The first-order chi connectivity index (χ1) is 12.2. The van der Waals surface area contributed by atoms with Crippen molar-refractivity contribution in [3.05, 3.63) is 26.7 Å². The van der Waals surface area contributed by atoms with Crippen molar-refractivity contribution >= 4 is 58.6 Å². The van der Waals surface area contributed by atoms with E-state index >= 15 is 0 Å². The molecule has 0 aliphatic heterocycles. The average molecular weight is 420 g/mol. The molecule has 0 amide bonds. The number of hydrogen-bond donors (Lipinski definition) is 0. The van der Waals surface area contributed by atoms with E-state index in [2.05, 4.69) is 4.99 Å². The minimum atomic E-state index is -1.22. The van der Waals surface area contributed by atoms with Gasteiger partial charge in [0.15, 0.2) is 5.92 Å². The second-order valence-electron chi connectivity index (χ2n) is 5.39. The highest BCUT2D eigenvalue weighted by molar-refractivity contribution is 6.47. The Morgan fingerprint density at radius 2 is 1.96 bits per heavy atom. The van der Waals surface area contributed by atoms with Crippen molar-refractivity contribution < 1.29 is 19.1 Å². The van der Waals surface area contributed by atoms with Crippen molar-refractivity contribution in [1.29, 1.82) is 5.26 Å². The Balaban J connectivity index is 3.21. The maximum atomic E-state index is 12.2. The quantitative estimate of drug-likeness (QED) is 0.352. The number of carbonyl (C=O) groups excluding carboxylic acids is 2.